The van der Waals surface area contributed by atoms with Crippen LogP contribution in [0.25, 0.3) is 0 Å². The van der Waals surface area contributed by atoms with Gasteiger partial charge in [0.25, 0.3) is 0 Å². The first kappa shape index (κ1) is 8.23. The van der Waals surface area contributed by atoms with Crippen LogP contribution in [0.1, 0.15) is 12.1 Å². The van der Waals surface area contributed by atoms with E-state index in [1.165, 1.54) is 0 Å². The zero-order valence-electron chi connectivity index (χ0n) is 7.77. The Morgan fingerprint density at radius 1 is 1.31 bits per heavy atom. The first-order valence-electron chi connectivity index (χ1n) is 4.55. The monoisotopic (exact) mass is 175 g/mol. The predicted molar refractivity (Wildman–Crippen MR) is 52.7 cm³/mol. The number of anilines is 1. The van der Waals surface area contributed by atoms with Crippen molar-refractivity contribution in [2.24, 2.45) is 0 Å². The maximum Gasteiger partial charge on any atom is 0.132 e. The molecule has 0 saturated heterocycles. The van der Waals surface area contributed by atoms with Crippen LogP contribution >= 0.6 is 0 Å². The Morgan fingerprint density at radius 3 is 2.92 bits per heavy atom. The van der Waals surface area contributed by atoms with Crippen molar-refractivity contribution in [3.05, 3.63) is 30.2 Å². The van der Waals surface area contributed by atoms with Gasteiger partial charge in [0.1, 0.15) is 12.1 Å². The van der Waals surface area contributed by atoms with Crippen molar-refractivity contribution in [2.45, 2.75) is 13.3 Å². The SMILES string of the molecule is Cc1cc(N2CC=CCC2)ncn1. The number of aryl methyl sites for hydroxylation is 1. The third kappa shape index (κ3) is 1.86. The molecule has 0 radical (unpaired) electrons. The summed E-state index contributed by atoms with van der Waals surface area (Å²) >= 11 is 0. The zero-order valence-corrected chi connectivity index (χ0v) is 7.77. The van der Waals surface area contributed by atoms with Crippen molar-refractivity contribution in [3.8, 4) is 0 Å². The van der Waals surface area contributed by atoms with Gasteiger partial charge in [0.2, 0.25) is 0 Å². The van der Waals surface area contributed by atoms with Gasteiger partial charge in [0, 0.05) is 24.8 Å². The predicted octanol–water partition coefficient (Wildman–Crippen LogP) is 1.55. The van der Waals surface area contributed by atoms with E-state index < -0.39 is 0 Å². The van der Waals surface area contributed by atoms with Crippen LogP contribution < -0.4 is 4.90 Å². The van der Waals surface area contributed by atoms with E-state index in [4.69, 9.17) is 0 Å². The van der Waals surface area contributed by atoms with E-state index in [1.807, 2.05) is 13.0 Å². The summed E-state index contributed by atoms with van der Waals surface area (Å²) in [6.45, 7) is 4.02. The Hall–Kier alpha value is -1.38. The molecule has 1 aromatic heterocycles. The van der Waals surface area contributed by atoms with Crippen molar-refractivity contribution in [2.75, 3.05) is 18.0 Å². The fourth-order valence-corrected chi connectivity index (χ4v) is 1.46. The van der Waals surface area contributed by atoms with Gasteiger partial charge in [-0.1, -0.05) is 12.2 Å². The molecule has 0 atom stereocenters. The van der Waals surface area contributed by atoms with Crippen LogP contribution in [0, 0.1) is 6.92 Å². The number of nitrogens with zero attached hydrogens (tertiary/aromatic N) is 3. The van der Waals surface area contributed by atoms with Crippen molar-refractivity contribution >= 4 is 5.82 Å². The molecule has 2 rings (SSSR count). The third-order valence-corrected chi connectivity index (χ3v) is 2.17. The molecular weight excluding hydrogens is 162 g/mol. The molecule has 0 bridgehead atoms. The van der Waals surface area contributed by atoms with Gasteiger partial charge in [0.15, 0.2) is 0 Å². The second-order valence-corrected chi connectivity index (χ2v) is 3.22. The standard InChI is InChI=1S/C10H13N3/c1-9-7-10(12-8-11-9)13-5-3-2-4-6-13/h2-3,7-8H,4-6H2,1H3. The topological polar surface area (TPSA) is 29.0 Å². The Bertz CT molecular complexity index is 320. The molecule has 0 spiro atoms. The van der Waals surface area contributed by atoms with Gasteiger partial charge in [-0.3, -0.25) is 0 Å². The summed E-state index contributed by atoms with van der Waals surface area (Å²) in [5.41, 5.74) is 1.03. The van der Waals surface area contributed by atoms with Crippen LogP contribution in [-0.2, 0) is 0 Å². The molecule has 2 heterocycles. The van der Waals surface area contributed by atoms with Crippen LogP contribution in [0.4, 0.5) is 5.82 Å². The minimum absolute atomic E-state index is 0.969. The Kier molecular flexibility index (Phi) is 2.25. The maximum absolute atomic E-state index is 4.24. The van der Waals surface area contributed by atoms with Gasteiger partial charge >= 0.3 is 0 Å². The molecule has 0 fully saturated rings. The summed E-state index contributed by atoms with van der Waals surface area (Å²) in [5.74, 6) is 1.04. The van der Waals surface area contributed by atoms with E-state index in [-0.39, 0.29) is 0 Å². The Labute approximate surface area is 78.1 Å². The molecule has 1 aliphatic rings. The largest absolute Gasteiger partial charge is 0.352 e. The lowest BCUT2D eigenvalue weighted by molar-refractivity contribution is 0.801. The summed E-state index contributed by atoms with van der Waals surface area (Å²) in [6.07, 6.45) is 7.14. The molecular formula is C10H13N3. The number of hydrogen-bond donors (Lipinski definition) is 0. The summed E-state index contributed by atoms with van der Waals surface area (Å²) in [5, 5.41) is 0. The summed E-state index contributed by atoms with van der Waals surface area (Å²) in [4.78, 5) is 10.6. The van der Waals surface area contributed by atoms with E-state index in [0.29, 0.717) is 0 Å². The molecule has 3 heteroatoms. The van der Waals surface area contributed by atoms with Crippen molar-refractivity contribution in [1.29, 1.82) is 0 Å². The number of rotatable bonds is 1. The molecule has 68 valence electrons. The average molecular weight is 175 g/mol. The highest BCUT2D eigenvalue weighted by Gasteiger charge is 2.07. The van der Waals surface area contributed by atoms with Gasteiger partial charge in [-0.2, -0.15) is 0 Å². The van der Waals surface area contributed by atoms with Gasteiger partial charge in [-0.25, -0.2) is 9.97 Å². The summed E-state index contributed by atoms with van der Waals surface area (Å²) in [7, 11) is 0. The highest BCUT2D eigenvalue weighted by Crippen LogP contribution is 2.13. The van der Waals surface area contributed by atoms with Crippen LogP contribution in [-0.4, -0.2) is 23.1 Å². The molecule has 1 aliphatic heterocycles. The van der Waals surface area contributed by atoms with Crippen LogP contribution in [0.3, 0.4) is 0 Å². The highest BCUT2D eigenvalue weighted by molar-refractivity contribution is 5.40. The molecule has 0 aromatic carbocycles. The summed E-state index contributed by atoms with van der Waals surface area (Å²) in [6, 6.07) is 2.03. The maximum atomic E-state index is 4.24. The first-order valence-corrected chi connectivity index (χ1v) is 4.55. The smallest absolute Gasteiger partial charge is 0.132 e. The minimum Gasteiger partial charge on any atom is -0.352 e. The third-order valence-electron chi connectivity index (χ3n) is 2.17. The van der Waals surface area contributed by atoms with Crippen LogP contribution in [0.5, 0.6) is 0 Å². The second kappa shape index (κ2) is 3.56. The van der Waals surface area contributed by atoms with E-state index >= 15 is 0 Å². The fraction of sp³-hybridized carbons (Fsp3) is 0.400. The minimum atomic E-state index is 0.969. The lowest BCUT2D eigenvalue weighted by Gasteiger charge is -2.24. The van der Waals surface area contributed by atoms with Crippen LogP contribution in [0.2, 0.25) is 0 Å². The summed E-state index contributed by atoms with van der Waals surface area (Å²) < 4.78 is 0. The normalized spacial score (nSPS) is 16.2. The van der Waals surface area contributed by atoms with Crippen molar-refractivity contribution < 1.29 is 0 Å². The zero-order chi connectivity index (χ0) is 9.10. The molecule has 0 N–H and O–H groups in total. The lowest BCUT2D eigenvalue weighted by atomic mass is 10.2. The number of aromatic nitrogens is 2. The molecule has 13 heavy (non-hydrogen) atoms. The van der Waals surface area contributed by atoms with E-state index in [2.05, 4.69) is 27.0 Å². The van der Waals surface area contributed by atoms with Gasteiger partial charge < -0.3 is 4.90 Å². The fourth-order valence-electron chi connectivity index (χ4n) is 1.46. The van der Waals surface area contributed by atoms with E-state index in [9.17, 15) is 0 Å². The molecule has 0 saturated carbocycles. The average Bonchev–Trinajstić information content (AvgIpc) is 2.19. The Balaban J connectivity index is 2.20. The van der Waals surface area contributed by atoms with Gasteiger partial charge in [-0.15, -0.1) is 0 Å². The first-order chi connectivity index (χ1) is 6.36. The lowest BCUT2D eigenvalue weighted by Crippen LogP contribution is -2.27. The van der Waals surface area contributed by atoms with Crippen LogP contribution in [0.15, 0.2) is 24.5 Å². The van der Waals surface area contributed by atoms with Gasteiger partial charge in [-0.05, 0) is 13.3 Å². The quantitative estimate of drug-likeness (QED) is 0.606. The Morgan fingerprint density at radius 2 is 2.23 bits per heavy atom. The molecule has 0 unspecified atom stereocenters. The highest BCUT2D eigenvalue weighted by atomic mass is 15.2. The van der Waals surface area contributed by atoms with Gasteiger partial charge in [0.05, 0.1) is 0 Å². The number of hydrogen-bond acceptors (Lipinski definition) is 3. The van der Waals surface area contributed by atoms with Crippen molar-refractivity contribution in [1.82, 2.24) is 9.97 Å². The molecule has 0 aliphatic carbocycles. The van der Waals surface area contributed by atoms with E-state index in [1.54, 1.807) is 6.33 Å². The van der Waals surface area contributed by atoms with E-state index in [0.717, 1.165) is 31.0 Å². The molecule has 3 nitrogen and oxygen atoms in total. The second-order valence-electron chi connectivity index (χ2n) is 3.22. The van der Waals surface area contributed by atoms with Crippen molar-refractivity contribution in [3.63, 3.8) is 0 Å². The molecule has 0 amide bonds. The molecule has 1 aromatic rings.